The summed E-state index contributed by atoms with van der Waals surface area (Å²) >= 11 is 0. The van der Waals surface area contributed by atoms with E-state index < -0.39 is 5.97 Å². The lowest BCUT2D eigenvalue weighted by Crippen LogP contribution is -2.02. The van der Waals surface area contributed by atoms with E-state index in [2.05, 4.69) is 15.0 Å². The molecule has 3 rings (SSSR count). The summed E-state index contributed by atoms with van der Waals surface area (Å²) in [6, 6.07) is 5.83. The van der Waals surface area contributed by atoms with E-state index in [1.807, 2.05) is 36.7 Å². The minimum Gasteiger partial charge on any atom is -0.477 e. The fourth-order valence-corrected chi connectivity index (χ4v) is 2.30. The number of imidazole rings is 2. The van der Waals surface area contributed by atoms with Crippen LogP contribution in [0.3, 0.4) is 0 Å². The van der Waals surface area contributed by atoms with Gasteiger partial charge in [0.1, 0.15) is 5.69 Å². The van der Waals surface area contributed by atoms with Gasteiger partial charge in [0.05, 0.1) is 17.4 Å². The molecule has 0 saturated heterocycles. The van der Waals surface area contributed by atoms with E-state index >= 15 is 0 Å². The van der Waals surface area contributed by atoms with Gasteiger partial charge in [-0.05, 0) is 18.6 Å². The lowest BCUT2D eigenvalue weighted by molar-refractivity contribution is 0.0692. The molecule has 0 bridgehead atoms. The van der Waals surface area contributed by atoms with Crippen LogP contribution >= 0.6 is 0 Å². The fourth-order valence-electron chi connectivity index (χ4n) is 2.30. The van der Waals surface area contributed by atoms with Crippen molar-refractivity contribution in [2.45, 2.75) is 6.92 Å². The zero-order valence-corrected chi connectivity index (χ0v) is 10.5. The average molecular weight is 256 g/mol. The second kappa shape index (κ2) is 3.94. The van der Waals surface area contributed by atoms with Crippen LogP contribution in [0.15, 0.2) is 24.5 Å². The molecule has 1 aromatic carbocycles. The number of para-hydroxylation sites is 1. The number of aromatic carboxylic acids is 1. The number of hydrogen-bond acceptors (Lipinski definition) is 3. The molecule has 0 atom stereocenters. The Kier molecular flexibility index (Phi) is 2.38. The SMILES string of the molecule is Cc1cccc2nc(-c3nc[nH]c3C(=O)O)n(C)c12. The second-order valence-electron chi connectivity index (χ2n) is 4.37. The van der Waals surface area contributed by atoms with E-state index in [4.69, 9.17) is 5.11 Å². The minimum atomic E-state index is -1.05. The average Bonchev–Trinajstić information content (AvgIpc) is 2.94. The van der Waals surface area contributed by atoms with E-state index in [1.165, 1.54) is 6.33 Å². The van der Waals surface area contributed by atoms with E-state index in [-0.39, 0.29) is 5.69 Å². The van der Waals surface area contributed by atoms with Gasteiger partial charge in [-0.15, -0.1) is 0 Å². The smallest absolute Gasteiger partial charge is 0.354 e. The fraction of sp³-hybridized carbons (Fsp3) is 0.154. The van der Waals surface area contributed by atoms with Crippen LogP contribution in [0.1, 0.15) is 16.1 Å². The van der Waals surface area contributed by atoms with Crippen molar-refractivity contribution in [3.63, 3.8) is 0 Å². The predicted octanol–water partition coefficient (Wildman–Crippen LogP) is 1.97. The van der Waals surface area contributed by atoms with Crippen LogP contribution in [0.2, 0.25) is 0 Å². The molecule has 3 aromatic rings. The van der Waals surface area contributed by atoms with Crippen LogP contribution in [0.4, 0.5) is 0 Å². The lowest BCUT2D eigenvalue weighted by atomic mass is 10.2. The Bertz CT molecular complexity index is 785. The van der Waals surface area contributed by atoms with E-state index in [0.29, 0.717) is 11.5 Å². The van der Waals surface area contributed by atoms with Gasteiger partial charge in [-0.1, -0.05) is 12.1 Å². The molecule has 0 radical (unpaired) electrons. The van der Waals surface area contributed by atoms with Crippen LogP contribution in [-0.4, -0.2) is 30.6 Å². The molecule has 19 heavy (non-hydrogen) atoms. The molecule has 0 aliphatic heterocycles. The van der Waals surface area contributed by atoms with Crippen LogP contribution in [0, 0.1) is 6.92 Å². The Morgan fingerprint density at radius 3 is 2.89 bits per heavy atom. The number of H-pyrrole nitrogens is 1. The zero-order chi connectivity index (χ0) is 13.6. The van der Waals surface area contributed by atoms with Crippen molar-refractivity contribution in [2.75, 3.05) is 0 Å². The Morgan fingerprint density at radius 1 is 1.42 bits per heavy atom. The second-order valence-corrected chi connectivity index (χ2v) is 4.37. The van der Waals surface area contributed by atoms with Gasteiger partial charge in [0.25, 0.3) is 0 Å². The molecule has 6 nitrogen and oxygen atoms in total. The molecule has 0 spiro atoms. The summed E-state index contributed by atoms with van der Waals surface area (Å²) in [7, 11) is 1.86. The molecule has 0 saturated carbocycles. The Hall–Kier alpha value is -2.63. The van der Waals surface area contributed by atoms with Crippen molar-refractivity contribution in [1.82, 2.24) is 19.5 Å². The molecule has 2 heterocycles. The maximum Gasteiger partial charge on any atom is 0.354 e. The van der Waals surface area contributed by atoms with Crippen molar-refractivity contribution < 1.29 is 9.90 Å². The quantitative estimate of drug-likeness (QED) is 0.734. The molecule has 0 aliphatic rings. The van der Waals surface area contributed by atoms with Crippen molar-refractivity contribution >= 4 is 17.0 Å². The largest absolute Gasteiger partial charge is 0.477 e. The number of nitrogens with zero attached hydrogens (tertiary/aromatic N) is 3. The number of aryl methyl sites for hydroxylation is 2. The number of hydrogen-bond donors (Lipinski definition) is 2. The number of aromatic nitrogens is 4. The molecule has 6 heteroatoms. The lowest BCUT2D eigenvalue weighted by Gasteiger charge is -2.02. The molecular formula is C13H12N4O2. The van der Waals surface area contributed by atoms with Gasteiger partial charge in [-0.2, -0.15) is 0 Å². The van der Waals surface area contributed by atoms with Crippen molar-refractivity contribution in [2.24, 2.45) is 7.05 Å². The van der Waals surface area contributed by atoms with E-state index in [9.17, 15) is 4.79 Å². The normalized spacial score (nSPS) is 11.1. The molecular weight excluding hydrogens is 244 g/mol. The van der Waals surface area contributed by atoms with E-state index in [1.54, 1.807) is 0 Å². The van der Waals surface area contributed by atoms with E-state index in [0.717, 1.165) is 16.6 Å². The number of carboxylic acid groups (broad SMARTS) is 1. The molecule has 0 aliphatic carbocycles. The molecule has 0 unspecified atom stereocenters. The summed E-state index contributed by atoms with van der Waals surface area (Å²) in [6.07, 6.45) is 1.37. The highest BCUT2D eigenvalue weighted by Gasteiger charge is 2.20. The van der Waals surface area contributed by atoms with Gasteiger partial charge < -0.3 is 14.7 Å². The summed E-state index contributed by atoms with van der Waals surface area (Å²) in [6.45, 7) is 2.00. The Morgan fingerprint density at radius 2 is 2.21 bits per heavy atom. The summed E-state index contributed by atoms with van der Waals surface area (Å²) in [5, 5.41) is 9.13. The molecule has 0 fully saturated rings. The monoisotopic (exact) mass is 256 g/mol. The number of carbonyl (C=O) groups is 1. The molecule has 96 valence electrons. The van der Waals surface area contributed by atoms with Gasteiger partial charge in [0, 0.05) is 7.05 Å². The van der Waals surface area contributed by atoms with Crippen LogP contribution < -0.4 is 0 Å². The topological polar surface area (TPSA) is 83.8 Å². The third-order valence-corrected chi connectivity index (χ3v) is 3.16. The number of aromatic amines is 1. The number of fused-ring (bicyclic) bond motifs is 1. The first kappa shape index (κ1) is 11.5. The number of rotatable bonds is 2. The van der Waals surface area contributed by atoms with Crippen LogP contribution in [0.5, 0.6) is 0 Å². The van der Waals surface area contributed by atoms with Crippen molar-refractivity contribution in [1.29, 1.82) is 0 Å². The van der Waals surface area contributed by atoms with Gasteiger partial charge >= 0.3 is 5.97 Å². The molecule has 0 amide bonds. The Labute approximate surface area is 108 Å². The summed E-state index contributed by atoms with van der Waals surface area (Å²) in [4.78, 5) is 22.3. The standard InChI is InChI=1S/C13H12N4O2/c1-7-4-3-5-8-11(7)17(2)12(16-8)9-10(13(18)19)15-6-14-9/h3-6H,1-2H3,(H,14,15)(H,18,19). The summed E-state index contributed by atoms with van der Waals surface area (Å²) < 4.78 is 1.87. The van der Waals surface area contributed by atoms with Crippen molar-refractivity contribution in [3.05, 3.63) is 35.8 Å². The zero-order valence-electron chi connectivity index (χ0n) is 10.5. The Balaban J connectivity index is 2.32. The summed E-state index contributed by atoms with van der Waals surface area (Å²) in [5.41, 5.74) is 3.31. The highest BCUT2D eigenvalue weighted by molar-refractivity contribution is 5.93. The maximum atomic E-state index is 11.1. The maximum absolute atomic E-state index is 11.1. The first-order valence-electron chi connectivity index (χ1n) is 5.78. The summed E-state index contributed by atoms with van der Waals surface area (Å²) in [5.74, 6) is -0.501. The van der Waals surface area contributed by atoms with Crippen LogP contribution in [-0.2, 0) is 7.05 Å². The van der Waals surface area contributed by atoms with Crippen LogP contribution in [0.25, 0.3) is 22.6 Å². The third kappa shape index (κ3) is 1.61. The van der Waals surface area contributed by atoms with Gasteiger partial charge in [0.15, 0.2) is 11.5 Å². The minimum absolute atomic E-state index is 0.0519. The first-order chi connectivity index (χ1) is 9.09. The number of benzene rings is 1. The predicted molar refractivity (Wildman–Crippen MR) is 70.0 cm³/mol. The molecule has 2 N–H and O–H groups in total. The highest BCUT2D eigenvalue weighted by Crippen LogP contribution is 2.26. The highest BCUT2D eigenvalue weighted by atomic mass is 16.4. The van der Waals surface area contributed by atoms with Gasteiger partial charge in [-0.25, -0.2) is 14.8 Å². The van der Waals surface area contributed by atoms with Gasteiger partial charge in [-0.3, -0.25) is 0 Å². The first-order valence-corrected chi connectivity index (χ1v) is 5.78. The third-order valence-electron chi connectivity index (χ3n) is 3.16. The number of nitrogens with one attached hydrogen (secondary N) is 1. The van der Waals surface area contributed by atoms with Gasteiger partial charge in [0.2, 0.25) is 0 Å². The number of carboxylic acids is 1. The molecule has 2 aromatic heterocycles. The van der Waals surface area contributed by atoms with Crippen molar-refractivity contribution in [3.8, 4) is 11.5 Å².